The standard InChI is InChI=1S/C10H11NO5/c1-3-8(6-9(12)10(13)14)5-4-7(2)11(15)16/h3-6,12H,2H2,1H3,(H,13,14)/b5-4-,8-3+,9-6-. The van der Waals surface area contributed by atoms with Crippen LogP contribution in [0.2, 0.25) is 0 Å². The van der Waals surface area contributed by atoms with Crippen molar-refractivity contribution in [2.75, 3.05) is 0 Å². The van der Waals surface area contributed by atoms with Gasteiger partial charge in [0, 0.05) is 6.08 Å². The highest BCUT2D eigenvalue weighted by Crippen LogP contribution is 2.05. The molecular weight excluding hydrogens is 214 g/mol. The number of hydrogen-bond acceptors (Lipinski definition) is 4. The molecule has 86 valence electrons. The number of aliphatic hydroxyl groups excluding tert-OH is 1. The van der Waals surface area contributed by atoms with E-state index in [1.54, 1.807) is 6.92 Å². The summed E-state index contributed by atoms with van der Waals surface area (Å²) in [5.41, 5.74) is -0.00883. The summed E-state index contributed by atoms with van der Waals surface area (Å²) in [5, 5.41) is 27.5. The molecule has 0 aromatic heterocycles. The lowest BCUT2D eigenvalue weighted by molar-refractivity contribution is -0.418. The second-order valence-electron chi connectivity index (χ2n) is 2.71. The molecule has 0 radical (unpaired) electrons. The Balaban J connectivity index is 4.82. The maximum Gasteiger partial charge on any atom is 0.370 e. The van der Waals surface area contributed by atoms with Gasteiger partial charge in [-0.15, -0.1) is 0 Å². The largest absolute Gasteiger partial charge is 0.502 e. The monoisotopic (exact) mass is 225 g/mol. The molecule has 0 rings (SSSR count). The van der Waals surface area contributed by atoms with Crippen molar-refractivity contribution < 1.29 is 19.9 Å². The highest BCUT2D eigenvalue weighted by molar-refractivity contribution is 5.84. The van der Waals surface area contributed by atoms with E-state index in [9.17, 15) is 14.9 Å². The molecule has 16 heavy (non-hydrogen) atoms. The molecule has 0 saturated heterocycles. The number of carboxylic acids is 1. The minimum Gasteiger partial charge on any atom is -0.502 e. The van der Waals surface area contributed by atoms with E-state index in [4.69, 9.17) is 10.2 Å². The molecular formula is C10H11NO5. The Labute approximate surface area is 91.7 Å². The van der Waals surface area contributed by atoms with Crippen molar-refractivity contribution in [2.45, 2.75) is 6.92 Å². The second kappa shape index (κ2) is 6.18. The fraction of sp³-hybridized carbons (Fsp3) is 0.100. The van der Waals surface area contributed by atoms with Crippen molar-refractivity contribution in [3.8, 4) is 0 Å². The van der Waals surface area contributed by atoms with Crippen molar-refractivity contribution in [3.05, 3.63) is 58.0 Å². The van der Waals surface area contributed by atoms with Gasteiger partial charge in [-0.05, 0) is 31.2 Å². The van der Waals surface area contributed by atoms with E-state index in [-0.39, 0.29) is 5.70 Å². The molecule has 0 unspecified atom stereocenters. The topological polar surface area (TPSA) is 101 Å². The Morgan fingerprint density at radius 1 is 1.38 bits per heavy atom. The van der Waals surface area contributed by atoms with Gasteiger partial charge in [-0.25, -0.2) is 4.79 Å². The van der Waals surface area contributed by atoms with Crippen LogP contribution in [-0.4, -0.2) is 21.1 Å². The van der Waals surface area contributed by atoms with E-state index in [0.717, 1.165) is 12.2 Å². The van der Waals surface area contributed by atoms with Gasteiger partial charge in [-0.2, -0.15) is 0 Å². The van der Waals surface area contributed by atoms with E-state index >= 15 is 0 Å². The van der Waals surface area contributed by atoms with E-state index < -0.39 is 16.7 Å². The Bertz CT molecular complexity index is 403. The van der Waals surface area contributed by atoms with Crippen molar-refractivity contribution in [1.82, 2.24) is 0 Å². The highest BCUT2D eigenvalue weighted by atomic mass is 16.6. The summed E-state index contributed by atoms with van der Waals surface area (Å²) < 4.78 is 0. The molecule has 6 heteroatoms. The van der Waals surface area contributed by atoms with Gasteiger partial charge in [0.25, 0.3) is 5.70 Å². The summed E-state index contributed by atoms with van der Waals surface area (Å²) in [4.78, 5) is 19.8. The molecule has 0 saturated carbocycles. The smallest absolute Gasteiger partial charge is 0.370 e. The van der Waals surface area contributed by atoms with Crippen LogP contribution in [0.1, 0.15) is 6.92 Å². The third-order valence-corrected chi connectivity index (χ3v) is 1.56. The van der Waals surface area contributed by atoms with Gasteiger partial charge in [0.05, 0.1) is 4.92 Å². The maximum absolute atomic E-state index is 10.3. The number of rotatable bonds is 5. The quantitative estimate of drug-likeness (QED) is 0.244. The molecule has 0 amide bonds. The van der Waals surface area contributed by atoms with Crippen LogP contribution >= 0.6 is 0 Å². The molecule has 0 aromatic rings. The van der Waals surface area contributed by atoms with E-state index in [1.807, 2.05) is 0 Å². The third kappa shape index (κ3) is 4.75. The molecule has 0 aliphatic rings. The van der Waals surface area contributed by atoms with Crippen LogP contribution in [0, 0.1) is 10.1 Å². The lowest BCUT2D eigenvalue weighted by Crippen LogP contribution is -1.99. The molecule has 0 atom stereocenters. The van der Waals surface area contributed by atoms with Crippen molar-refractivity contribution >= 4 is 5.97 Å². The molecule has 2 N–H and O–H groups in total. The second-order valence-corrected chi connectivity index (χ2v) is 2.71. The zero-order chi connectivity index (χ0) is 12.7. The summed E-state index contributed by atoms with van der Waals surface area (Å²) in [7, 11) is 0. The van der Waals surface area contributed by atoms with Crippen LogP contribution in [0.4, 0.5) is 0 Å². The van der Waals surface area contributed by atoms with Gasteiger partial charge in [-0.3, -0.25) is 10.1 Å². The first-order chi connectivity index (χ1) is 7.38. The first-order valence-electron chi connectivity index (χ1n) is 4.20. The van der Waals surface area contributed by atoms with Gasteiger partial charge < -0.3 is 10.2 Å². The van der Waals surface area contributed by atoms with Crippen molar-refractivity contribution in [3.63, 3.8) is 0 Å². The normalized spacial score (nSPS) is 12.8. The first kappa shape index (κ1) is 13.6. The van der Waals surface area contributed by atoms with Crippen molar-refractivity contribution in [1.29, 1.82) is 0 Å². The SMILES string of the molecule is C=C(\C=C/C(/C=C(\O)C(=O)O)=C\C)[N+](=O)[O-]. The maximum atomic E-state index is 10.3. The Morgan fingerprint density at radius 2 is 1.94 bits per heavy atom. The lowest BCUT2D eigenvalue weighted by Gasteiger charge is -1.94. The molecule has 0 fully saturated rings. The Kier molecular flexibility index (Phi) is 5.26. The summed E-state index contributed by atoms with van der Waals surface area (Å²) >= 11 is 0. The Hall–Kier alpha value is -2.37. The average molecular weight is 225 g/mol. The lowest BCUT2D eigenvalue weighted by atomic mass is 10.2. The number of carboxylic acid groups (broad SMARTS) is 1. The minimum absolute atomic E-state index is 0.322. The molecule has 0 aliphatic heterocycles. The van der Waals surface area contributed by atoms with Crippen LogP contribution in [0.3, 0.4) is 0 Å². The van der Waals surface area contributed by atoms with E-state index in [1.165, 1.54) is 12.2 Å². The molecule has 0 spiro atoms. The number of aliphatic carboxylic acids is 1. The molecule has 0 heterocycles. The number of nitrogens with zero attached hydrogens (tertiary/aromatic N) is 1. The number of nitro groups is 1. The van der Waals surface area contributed by atoms with Gasteiger partial charge in [-0.1, -0.05) is 6.08 Å². The fourth-order valence-corrected chi connectivity index (χ4v) is 0.701. The fourth-order valence-electron chi connectivity index (χ4n) is 0.701. The van der Waals surface area contributed by atoms with Crippen LogP contribution in [0.5, 0.6) is 0 Å². The van der Waals surface area contributed by atoms with Crippen LogP contribution in [0.25, 0.3) is 0 Å². The number of carbonyl (C=O) groups is 1. The predicted molar refractivity (Wildman–Crippen MR) is 57.4 cm³/mol. The highest BCUT2D eigenvalue weighted by Gasteiger charge is 2.04. The molecule has 0 bridgehead atoms. The van der Waals surface area contributed by atoms with Crippen LogP contribution in [-0.2, 0) is 4.79 Å². The van der Waals surface area contributed by atoms with Crippen LogP contribution in [0.15, 0.2) is 47.9 Å². The molecule has 6 nitrogen and oxygen atoms in total. The number of aliphatic hydroxyl groups is 1. The first-order valence-corrected chi connectivity index (χ1v) is 4.20. The van der Waals surface area contributed by atoms with Gasteiger partial charge in [0.2, 0.25) is 5.76 Å². The zero-order valence-corrected chi connectivity index (χ0v) is 8.58. The summed E-state index contributed by atoms with van der Waals surface area (Å²) in [6.07, 6.45) is 4.86. The Morgan fingerprint density at radius 3 is 2.31 bits per heavy atom. The summed E-state index contributed by atoms with van der Waals surface area (Å²) in [5.74, 6) is -2.31. The average Bonchev–Trinajstić information content (AvgIpc) is 2.22. The van der Waals surface area contributed by atoms with Crippen molar-refractivity contribution in [2.24, 2.45) is 0 Å². The number of hydrogen-bond donors (Lipinski definition) is 2. The third-order valence-electron chi connectivity index (χ3n) is 1.56. The predicted octanol–water partition coefficient (Wildman–Crippen LogP) is 1.81. The molecule has 0 aromatic carbocycles. The zero-order valence-electron chi connectivity index (χ0n) is 8.58. The van der Waals surface area contributed by atoms with Gasteiger partial charge >= 0.3 is 5.97 Å². The number of allylic oxidation sites excluding steroid dienone is 5. The minimum atomic E-state index is -1.47. The summed E-state index contributed by atoms with van der Waals surface area (Å²) in [6.45, 7) is 4.76. The van der Waals surface area contributed by atoms with E-state index in [2.05, 4.69) is 6.58 Å². The summed E-state index contributed by atoms with van der Waals surface area (Å²) in [6, 6.07) is 0. The van der Waals surface area contributed by atoms with Crippen LogP contribution < -0.4 is 0 Å². The van der Waals surface area contributed by atoms with Gasteiger partial charge in [0.15, 0.2) is 0 Å². The molecule has 0 aliphatic carbocycles. The van der Waals surface area contributed by atoms with E-state index in [0.29, 0.717) is 5.57 Å². The van der Waals surface area contributed by atoms with Gasteiger partial charge in [0.1, 0.15) is 0 Å².